The van der Waals surface area contributed by atoms with Gasteiger partial charge in [-0.1, -0.05) is 50.2 Å². The lowest BCUT2D eigenvalue weighted by atomic mass is 9.90. The summed E-state index contributed by atoms with van der Waals surface area (Å²) in [5, 5.41) is 7.51. The normalized spacial score (nSPS) is 19.9. The third-order valence-electron chi connectivity index (χ3n) is 4.61. The lowest BCUT2D eigenvalue weighted by molar-refractivity contribution is -0.134. The van der Waals surface area contributed by atoms with E-state index in [9.17, 15) is 14.4 Å². The maximum absolute atomic E-state index is 12.9. The number of urea groups is 1. The molecule has 4 amide bonds. The number of amides is 4. The number of carbonyl (C=O) groups excluding carboxylic acids is 3. The molecule has 1 unspecified atom stereocenters. The highest BCUT2D eigenvalue weighted by Crippen LogP contribution is 2.30. The second-order valence-corrected chi connectivity index (χ2v) is 7.21. The Balaban J connectivity index is 1.82. The summed E-state index contributed by atoms with van der Waals surface area (Å²) in [5.41, 5.74) is -0.487. The summed E-state index contributed by atoms with van der Waals surface area (Å²) in [6, 6.07) is 12.9. The van der Waals surface area contributed by atoms with Crippen LogP contribution in [0.25, 0.3) is 10.8 Å². The molecule has 1 atom stereocenters. The number of hydrogen-bond donors (Lipinski definition) is 2. The van der Waals surface area contributed by atoms with Gasteiger partial charge in [0.25, 0.3) is 5.91 Å². The van der Waals surface area contributed by atoms with E-state index in [1.807, 2.05) is 56.3 Å². The van der Waals surface area contributed by atoms with Crippen LogP contribution >= 0.6 is 0 Å². The number of nitrogens with one attached hydrogen (secondary N) is 2. The van der Waals surface area contributed by atoms with Crippen molar-refractivity contribution < 1.29 is 14.4 Å². The Kier molecular flexibility index (Phi) is 4.68. The Labute approximate surface area is 152 Å². The van der Waals surface area contributed by atoms with Crippen molar-refractivity contribution in [2.24, 2.45) is 5.92 Å². The predicted molar refractivity (Wildman–Crippen MR) is 99.4 cm³/mol. The smallest absolute Gasteiger partial charge is 0.325 e. The molecule has 26 heavy (non-hydrogen) atoms. The first-order valence-corrected chi connectivity index (χ1v) is 8.71. The number of imide groups is 1. The minimum atomic E-state index is -1.18. The predicted octanol–water partition coefficient (Wildman–Crippen LogP) is 2.38. The molecule has 0 aliphatic carbocycles. The van der Waals surface area contributed by atoms with E-state index >= 15 is 0 Å². The van der Waals surface area contributed by atoms with Gasteiger partial charge in [0.2, 0.25) is 5.91 Å². The molecule has 6 heteroatoms. The minimum absolute atomic E-state index is 0.277. The lowest BCUT2D eigenvalue weighted by Gasteiger charge is -2.22. The van der Waals surface area contributed by atoms with E-state index < -0.39 is 17.5 Å². The molecule has 0 saturated carbocycles. The minimum Gasteiger partial charge on any atom is -0.354 e. The largest absolute Gasteiger partial charge is 0.354 e. The van der Waals surface area contributed by atoms with Gasteiger partial charge in [-0.05, 0) is 35.2 Å². The molecule has 2 aromatic carbocycles. The maximum Gasteiger partial charge on any atom is 0.325 e. The molecular formula is C20H23N3O3. The van der Waals surface area contributed by atoms with E-state index in [1.165, 1.54) is 0 Å². The van der Waals surface area contributed by atoms with Gasteiger partial charge in [0.05, 0.1) is 0 Å². The standard InChI is InChI=1S/C20H23N3O3/c1-13(2)11-21-17(24)12-23-18(25)20(3,22-19(23)26)16-9-8-14-6-4-5-7-15(14)10-16/h4-10,13H,11-12H2,1-3H3,(H,21,24)(H,22,26). The lowest BCUT2D eigenvalue weighted by Crippen LogP contribution is -2.43. The fourth-order valence-electron chi connectivity index (χ4n) is 3.05. The van der Waals surface area contributed by atoms with Gasteiger partial charge in [0.1, 0.15) is 12.1 Å². The molecule has 1 fully saturated rings. The van der Waals surface area contributed by atoms with Crippen molar-refractivity contribution in [3.8, 4) is 0 Å². The van der Waals surface area contributed by atoms with Gasteiger partial charge in [-0.25, -0.2) is 4.79 Å². The van der Waals surface area contributed by atoms with Crippen molar-refractivity contribution in [3.63, 3.8) is 0 Å². The summed E-state index contributed by atoms with van der Waals surface area (Å²) in [6.07, 6.45) is 0. The van der Waals surface area contributed by atoms with Gasteiger partial charge >= 0.3 is 6.03 Å². The zero-order chi connectivity index (χ0) is 18.9. The van der Waals surface area contributed by atoms with Gasteiger partial charge in [0.15, 0.2) is 0 Å². The first-order valence-electron chi connectivity index (χ1n) is 8.71. The van der Waals surface area contributed by atoms with Crippen LogP contribution in [0.5, 0.6) is 0 Å². The molecule has 1 heterocycles. The van der Waals surface area contributed by atoms with Gasteiger partial charge in [0, 0.05) is 6.54 Å². The Morgan fingerprint density at radius 2 is 1.85 bits per heavy atom. The third-order valence-corrected chi connectivity index (χ3v) is 4.61. The summed E-state index contributed by atoms with van der Waals surface area (Å²) >= 11 is 0. The molecule has 1 saturated heterocycles. The first-order chi connectivity index (χ1) is 12.3. The van der Waals surface area contributed by atoms with Crippen molar-refractivity contribution >= 4 is 28.6 Å². The zero-order valence-electron chi connectivity index (χ0n) is 15.2. The van der Waals surface area contributed by atoms with Gasteiger partial charge in [-0.2, -0.15) is 0 Å². The first kappa shape index (κ1) is 17.9. The van der Waals surface area contributed by atoms with Crippen LogP contribution in [0.4, 0.5) is 4.79 Å². The van der Waals surface area contributed by atoms with Gasteiger partial charge in [-0.3, -0.25) is 14.5 Å². The maximum atomic E-state index is 12.9. The van der Waals surface area contributed by atoms with Crippen LogP contribution in [-0.2, 0) is 15.1 Å². The van der Waals surface area contributed by atoms with Crippen molar-refractivity contribution in [3.05, 3.63) is 48.0 Å². The quantitative estimate of drug-likeness (QED) is 0.810. The van der Waals surface area contributed by atoms with Crippen molar-refractivity contribution in [2.45, 2.75) is 26.3 Å². The van der Waals surface area contributed by atoms with Crippen LogP contribution in [-0.4, -0.2) is 35.8 Å². The molecule has 2 N–H and O–H groups in total. The molecule has 0 aromatic heterocycles. The molecule has 0 bridgehead atoms. The highest BCUT2D eigenvalue weighted by Gasteiger charge is 2.49. The highest BCUT2D eigenvalue weighted by atomic mass is 16.2. The molecular weight excluding hydrogens is 330 g/mol. The number of benzene rings is 2. The van der Waals surface area contributed by atoms with E-state index in [0.717, 1.165) is 15.7 Å². The van der Waals surface area contributed by atoms with Gasteiger partial charge in [-0.15, -0.1) is 0 Å². The number of nitrogens with zero attached hydrogens (tertiary/aromatic N) is 1. The summed E-state index contributed by atoms with van der Waals surface area (Å²) in [6.45, 7) is 5.85. The van der Waals surface area contributed by atoms with Crippen LogP contribution in [0.15, 0.2) is 42.5 Å². The topological polar surface area (TPSA) is 78.5 Å². The van der Waals surface area contributed by atoms with Crippen LogP contribution in [0.1, 0.15) is 26.3 Å². The molecule has 0 radical (unpaired) electrons. The number of hydrogen-bond acceptors (Lipinski definition) is 3. The van der Waals surface area contributed by atoms with Crippen LogP contribution < -0.4 is 10.6 Å². The summed E-state index contributed by atoms with van der Waals surface area (Å²) < 4.78 is 0. The number of fused-ring (bicyclic) bond motifs is 1. The third kappa shape index (κ3) is 3.27. The fraction of sp³-hybridized carbons (Fsp3) is 0.350. The summed E-state index contributed by atoms with van der Waals surface area (Å²) in [7, 11) is 0. The molecule has 2 aromatic rings. The van der Waals surface area contributed by atoms with Crippen molar-refractivity contribution in [1.29, 1.82) is 0 Å². The molecule has 136 valence electrons. The molecule has 0 spiro atoms. The summed E-state index contributed by atoms with van der Waals surface area (Å²) in [5.74, 6) is -0.465. The monoisotopic (exact) mass is 353 g/mol. The second-order valence-electron chi connectivity index (χ2n) is 7.21. The fourth-order valence-corrected chi connectivity index (χ4v) is 3.05. The van der Waals surface area contributed by atoms with E-state index in [2.05, 4.69) is 10.6 Å². The number of carbonyl (C=O) groups is 3. The zero-order valence-corrected chi connectivity index (χ0v) is 15.2. The average molecular weight is 353 g/mol. The Bertz CT molecular complexity index is 877. The summed E-state index contributed by atoms with van der Waals surface area (Å²) in [4.78, 5) is 38.2. The molecule has 1 aliphatic rings. The van der Waals surface area contributed by atoms with Crippen molar-refractivity contribution in [1.82, 2.24) is 15.5 Å². The second kappa shape index (κ2) is 6.78. The van der Waals surface area contributed by atoms with Crippen molar-refractivity contribution in [2.75, 3.05) is 13.1 Å². The Morgan fingerprint density at radius 1 is 1.15 bits per heavy atom. The average Bonchev–Trinajstić information content (AvgIpc) is 2.83. The van der Waals surface area contributed by atoms with Gasteiger partial charge < -0.3 is 10.6 Å². The van der Waals surface area contributed by atoms with E-state index in [4.69, 9.17) is 0 Å². The molecule has 1 aliphatic heterocycles. The number of rotatable bonds is 5. The SMILES string of the molecule is CC(C)CNC(=O)CN1C(=O)NC(C)(c2ccc3ccccc3c2)C1=O. The Hall–Kier alpha value is -2.89. The van der Waals surface area contributed by atoms with E-state index in [0.29, 0.717) is 18.0 Å². The van der Waals surface area contributed by atoms with E-state index in [-0.39, 0.29) is 12.5 Å². The van der Waals surface area contributed by atoms with Crippen LogP contribution in [0.2, 0.25) is 0 Å². The van der Waals surface area contributed by atoms with E-state index in [1.54, 1.807) is 6.92 Å². The van der Waals surface area contributed by atoms with Crippen LogP contribution in [0, 0.1) is 5.92 Å². The molecule has 3 rings (SSSR count). The highest BCUT2D eigenvalue weighted by molar-refractivity contribution is 6.09. The molecule has 6 nitrogen and oxygen atoms in total. The van der Waals surface area contributed by atoms with Crippen LogP contribution in [0.3, 0.4) is 0 Å². The Morgan fingerprint density at radius 3 is 2.54 bits per heavy atom.